The number of rotatable bonds is 7. The number of hydrogen-bond acceptors (Lipinski definition) is 7. The Bertz CT molecular complexity index is 1160. The van der Waals surface area contributed by atoms with Gasteiger partial charge >= 0.3 is 0 Å². The predicted octanol–water partition coefficient (Wildman–Crippen LogP) is 2.06. The molecule has 1 aromatic heterocycles. The molecule has 32 heavy (non-hydrogen) atoms. The first-order valence-electron chi connectivity index (χ1n) is 9.66. The van der Waals surface area contributed by atoms with E-state index in [1.165, 1.54) is 0 Å². The van der Waals surface area contributed by atoms with Crippen molar-refractivity contribution in [1.82, 2.24) is 20.8 Å². The fourth-order valence-electron chi connectivity index (χ4n) is 3.01. The summed E-state index contributed by atoms with van der Waals surface area (Å²) in [6, 6.07) is 12.6. The third kappa shape index (κ3) is 5.03. The quantitative estimate of drug-likeness (QED) is 0.496. The van der Waals surface area contributed by atoms with Crippen molar-refractivity contribution in [2.45, 2.75) is 25.6 Å². The van der Waals surface area contributed by atoms with Gasteiger partial charge in [0.15, 0.2) is 6.61 Å². The van der Waals surface area contributed by atoms with Gasteiger partial charge in [0.2, 0.25) is 23.5 Å². The molecule has 3 amide bonds. The molecule has 3 aromatic rings. The number of benzene rings is 2. The van der Waals surface area contributed by atoms with Crippen LogP contribution in [0.5, 0.6) is 5.75 Å². The van der Waals surface area contributed by atoms with Gasteiger partial charge in [-0.1, -0.05) is 41.0 Å². The van der Waals surface area contributed by atoms with E-state index in [1.54, 1.807) is 48.5 Å². The minimum absolute atomic E-state index is 0.0377. The number of hydrogen-bond donors (Lipinski definition) is 3. The molecule has 1 aliphatic rings. The molecule has 164 valence electrons. The maximum atomic E-state index is 12.4. The first kappa shape index (κ1) is 21.3. The summed E-state index contributed by atoms with van der Waals surface area (Å²) in [7, 11) is 0. The third-order valence-electron chi connectivity index (χ3n) is 4.58. The van der Waals surface area contributed by atoms with Crippen molar-refractivity contribution >= 4 is 35.0 Å². The highest BCUT2D eigenvalue weighted by atomic mass is 35.5. The molecule has 0 fully saturated rings. The lowest BCUT2D eigenvalue weighted by Gasteiger charge is -2.13. The first-order chi connectivity index (χ1) is 15.5. The van der Waals surface area contributed by atoms with Gasteiger partial charge in [0, 0.05) is 0 Å². The summed E-state index contributed by atoms with van der Waals surface area (Å²) in [5, 5.41) is 12.1. The van der Waals surface area contributed by atoms with Crippen LogP contribution in [0.3, 0.4) is 0 Å². The number of amides is 3. The van der Waals surface area contributed by atoms with E-state index < -0.39 is 23.8 Å². The number of anilines is 1. The largest absolute Gasteiger partial charge is 0.484 e. The number of carbonyl (C=O) groups is 3. The number of ether oxygens (including phenoxy) is 1. The van der Waals surface area contributed by atoms with Crippen molar-refractivity contribution in [2.75, 3.05) is 5.32 Å². The molecule has 2 heterocycles. The summed E-state index contributed by atoms with van der Waals surface area (Å²) in [6.45, 7) is -0.00352. The molecular formula is C21H18ClN5O5. The molecule has 3 N–H and O–H groups in total. The highest BCUT2D eigenvalue weighted by molar-refractivity contribution is 6.32. The minimum atomic E-state index is -1.02. The molecule has 1 atom stereocenters. The van der Waals surface area contributed by atoms with Gasteiger partial charge in [-0.05, 0) is 24.3 Å². The molecule has 0 saturated carbocycles. The van der Waals surface area contributed by atoms with Crippen LogP contribution in [0.15, 0.2) is 53.1 Å². The molecule has 0 radical (unpaired) electrons. The molecule has 1 unspecified atom stereocenters. The number of nitrogens with one attached hydrogen (secondary N) is 3. The standard InChI is InChI=1S/C21H18ClN5O5/c22-13-6-2-4-8-16(13)31-11-17-26-19(32-27-17)10-23-18(28)9-15-21(30)24-14-7-3-1-5-12(14)20(29)25-15/h1-8,15H,9-11H2,(H,23,28)(H,24,30)(H,25,29). The Labute approximate surface area is 187 Å². The summed E-state index contributed by atoms with van der Waals surface area (Å²) in [6.07, 6.45) is -0.248. The third-order valence-corrected chi connectivity index (χ3v) is 4.89. The second-order valence-electron chi connectivity index (χ2n) is 6.87. The summed E-state index contributed by atoms with van der Waals surface area (Å²) < 4.78 is 10.6. The van der Waals surface area contributed by atoms with Crippen LogP contribution in [0, 0.1) is 0 Å². The zero-order valence-electron chi connectivity index (χ0n) is 16.6. The summed E-state index contributed by atoms with van der Waals surface area (Å²) in [4.78, 5) is 41.1. The maximum absolute atomic E-state index is 12.4. The summed E-state index contributed by atoms with van der Waals surface area (Å²) in [5.74, 6) is -0.449. The van der Waals surface area contributed by atoms with E-state index in [1.807, 2.05) is 0 Å². The molecule has 1 aliphatic heterocycles. The number of aromatic nitrogens is 2. The van der Waals surface area contributed by atoms with Crippen LogP contribution in [-0.4, -0.2) is 33.9 Å². The lowest BCUT2D eigenvalue weighted by molar-refractivity contribution is -0.125. The number of nitrogens with zero attached hydrogens (tertiary/aromatic N) is 2. The number of para-hydroxylation sites is 2. The van der Waals surface area contributed by atoms with Crippen molar-refractivity contribution in [3.8, 4) is 5.75 Å². The van der Waals surface area contributed by atoms with Crippen molar-refractivity contribution in [3.63, 3.8) is 0 Å². The Kier molecular flexibility index (Phi) is 6.31. The molecule has 11 heteroatoms. The van der Waals surface area contributed by atoms with Crippen molar-refractivity contribution in [3.05, 3.63) is 70.8 Å². The molecule has 0 bridgehead atoms. The Balaban J connectivity index is 1.28. The van der Waals surface area contributed by atoms with E-state index in [4.69, 9.17) is 20.9 Å². The average Bonchev–Trinajstić information content (AvgIpc) is 3.20. The molecular weight excluding hydrogens is 438 g/mol. The van der Waals surface area contributed by atoms with Gasteiger partial charge < -0.3 is 25.2 Å². The summed E-state index contributed by atoms with van der Waals surface area (Å²) >= 11 is 6.02. The van der Waals surface area contributed by atoms with Crippen LogP contribution < -0.4 is 20.7 Å². The van der Waals surface area contributed by atoms with E-state index >= 15 is 0 Å². The number of fused-ring (bicyclic) bond motifs is 1. The van der Waals surface area contributed by atoms with E-state index in [9.17, 15) is 14.4 Å². The van der Waals surface area contributed by atoms with Gasteiger partial charge in [0.1, 0.15) is 11.8 Å². The molecule has 0 saturated heterocycles. The van der Waals surface area contributed by atoms with Gasteiger partial charge in [-0.3, -0.25) is 14.4 Å². The minimum Gasteiger partial charge on any atom is -0.484 e. The lowest BCUT2D eigenvalue weighted by Crippen LogP contribution is -2.44. The molecule has 2 aromatic carbocycles. The topological polar surface area (TPSA) is 135 Å². The zero-order valence-corrected chi connectivity index (χ0v) is 17.4. The van der Waals surface area contributed by atoms with E-state index in [2.05, 4.69) is 26.1 Å². The Morgan fingerprint density at radius 2 is 1.94 bits per heavy atom. The molecule has 10 nitrogen and oxygen atoms in total. The van der Waals surface area contributed by atoms with Gasteiger partial charge in [-0.25, -0.2) is 0 Å². The van der Waals surface area contributed by atoms with Crippen LogP contribution in [-0.2, 0) is 22.7 Å². The molecule has 0 aliphatic carbocycles. The van der Waals surface area contributed by atoms with Crippen molar-refractivity contribution in [2.24, 2.45) is 0 Å². The van der Waals surface area contributed by atoms with Crippen molar-refractivity contribution < 1.29 is 23.6 Å². The monoisotopic (exact) mass is 455 g/mol. The summed E-state index contributed by atoms with van der Waals surface area (Å²) in [5.41, 5.74) is 0.733. The van der Waals surface area contributed by atoms with Crippen LogP contribution >= 0.6 is 11.6 Å². The molecule has 4 rings (SSSR count). The van der Waals surface area contributed by atoms with Crippen molar-refractivity contribution in [1.29, 1.82) is 0 Å². The van der Waals surface area contributed by atoms with E-state index in [-0.39, 0.29) is 31.3 Å². The smallest absolute Gasteiger partial charge is 0.254 e. The highest BCUT2D eigenvalue weighted by Gasteiger charge is 2.29. The van der Waals surface area contributed by atoms with Crippen LogP contribution in [0.1, 0.15) is 28.5 Å². The van der Waals surface area contributed by atoms with Gasteiger partial charge in [0.05, 0.1) is 29.2 Å². The van der Waals surface area contributed by atoms with E-state index in [0.717, 1.165) is 0 Å². The molecule has 0 spiro atoms. The van der Waals surface area contributed by atoms with E-state index in [0.29, 0.717) is 22.0 Å². The number of halogens is 1. The first-order valence-corrected chi connectivity index (χ1v) is 10.0. The fourth-order valence-corrected chi connectivity index (χ4v) is 3.20. The highest BCUT2D eigenvalue weighted by Crippen LogP contribution is 2.23. The fraction of sp³-hybridized carbons (Fsp3) is 0.190. The van der Waals surface area contributed by atoms with Gasteiger partial charge in [-0.15, -0.1) is 0 Å². The van der Waals surface area contributed by atoms with Crippen LogP contribution in [0.25, 0.3) is 0 Å². The lowest BCUT2D eigenvalue weighted by atomic mass is 10.1. The van der Waals surface area contributed by atoms with Crippen LogP contribution in [0.4, 0.5) is 5.69 Å². The Morgan fingerprint density at radius 3 is 2.78 bits per heavy atom. The zero-order chi connectivity index (χ0) is 22.5. The van der Waals surface area contributed by atoms with Crippen LogP contribution in [0.2, 0.25) is 5.02 Å². The second-order valence-corrected chi connectivity index (χ2v) is 7.27. The van der Waals surface area contributed by atoms with Gasteiger partial charge in [-0.2, -0.15) is 4.98 Å². The average molecular weight is 456 g/mol. The predicted molar refractivity (Wildman–Crippen MR) is 113 cm³/mol. The number of carbonyl (C=O) groups excluding carboxylic acids is 3. The second kappa shape index (κ2) is 9.48. The Hall–Kier alpha value is -3.92. The maximum Gasteiger partial charge on any atom is 0.254 e. The SMILES string of the molecule is O=C(CC1NC(=O)c2ccccc2NC1=O)NCc1nc(COc2ccccc2Cl)no1. The Morgan fingerprint density at radius 1 is 1.16 bits per heavy atom. The van der Waals surface area contributed by atoms with Gasteiger partial charge in [0.25, 0.3) is 5.91 Å². The normalized spacial score (nSPS) is 15.2.